The summed E-state index contributed by atoms with van der Waals surface area (Å²) in [6.07, 6.45) is 3.86. The first-order valence-electron chi connectivity index (χ1n) is 7.77. The van der Waals surface area contributed by atoms with Crippen molar-refractivity contribution in [2.45, 2.75) is 6.42 Å². The lowest BCUT2D eigenvalue weighted by atomic mass is 10.1. The van der Waals surface area contributed by atoms with Crippen LogP contribution in [-0.4, -0.2) is 16.6 Å². The second-order valence-corrected chi connectivity index (χ2v) is 5.58. The van der Waals surface area contributed by atoms with Crippen molar-refractivity contribution in [1.29, 1.82) is 0 Å². The van der Waals surface area contributed by atoms with Gasteiger partial charge in [-0.1, -0.05) is 42.5 Å². The van der Waals surface area contributed by atoms with Gasteiger partial charge in [0.2, 0.25) is 0 Å². The Kier molecular flexibility index (Phi) is 3.63. The molecule has 24 heavy (non-hydrogen) atoms. The Morgan fingerprint density at radius 2 is 1.42 bits per heavy atom. The minimum atomic E-state index is -0.00878. The van der Waals surface area contributed by atoms with Crippen molar-refractivity contribution in [2.75, 3.05) is 5.01 Å². The van der Waals surface area contributed by atoms with Crippen LogP contribution in [0, 0.1) is 0 Å². The van der Waals surface area contributed by atoms with Gasteiger partial charge in [0, 0.05) is 12.4 Å². The third kappa shape index (κ3) is 2.70. The molecule has 0 aliphatic carbocycles. The average Bonchev–Trinajstić information content (AvgIpc) is 3.05. The summed E-state index contributed by atoms with van der Waals surface area (Å²) in [5.74, 6) is -0.00878. The Bertz CT molecular complexity index is 887. The largest absolute Gasteiger partial charge is 0.272 e. The van der Waals surface area contributed by atoms with Gasteiger partial charge in [-0.2, -0.15) is 5.10 Å². The zero-order valence-electron chi connectivity index (χ0n) is 13.0. The number of nitrogens with zero attached hydrogens (tertiary/aromatic N) is 3. The summed E-state index contributed by atoms with van der Waals surface area (Å²) in [5.41, 5.74) is 4.75. The van der Waals surface area contributed by atoms with Crippen molar-refractivity contribution in [3.05, 3.63) is 84.7 Å². The molecule has 0 fully saturated rings. The number of benzene rings is 2. The van der Waals surface area contributed by atoms with E-state index in [0.717, 1.165) is 28.1 Å². The fourth-order valence-electron chi connectivity index (χ4n) is 2.76. The summed E-state index contributed by atoms with van der Waals surface area (Å²) in [4.78, 5) is 16.3. The van der Waals surface area contributed by atoms with Crippen molar-refractivity contribution in [3.63, 3.8) is 0 Å². The average molecular weight is 313 g/mol. The highest BCUT2D eigenvalue weighted by Gasteiger charge is 2.25. The van der Waals surface area contributed by atoms with E-state index < -0.39 is 0 Å². The van der Waals surface area contributed by atoms with Crippen LogP contribution in [0.5, 0.6) is 0 Å². The van der Waals surface area contributed by atoms with Crippen LogP contribution in [-0.2, 0) is 4.79 Å². The van der Waals surface area contributed by atoms with E-state index in [1.807, 2.05) is 66.7 Å². The number of pyridine rings is 1. The zero-order chi connectivity index (χ0) is 16.4. The predicted octanol–water partition coefficient (Wildman–Crippen LogP) is 3.89. The third-order valence-electron chi connectivity index (χ3n) is 4.01. The summed E-state index contributed by atoms with van der Waals surface area (Å²) in [5, 5.41) is 5.99. The van der Waals surface area contributed by atoms with E-state index in [4.69, 9.17) is 0 Å². The molecule has 0 bridgehead atoms. The normalized spacial score (nSPS) is 13.9. The molecule has 0 unspecified atom stereocenters. The molecular weight excluding hydrogens is 298 g/mol. The van der Waals surface area contributed by atoms with Crippen LogP contribution in [0.15, 0.2) is 84.2 Å². The minimum Gasteiger partial charge on any atom is -0.272 e. The number of anilines is 1. The van der Waals surface area contributed by atoms with E-state index in [0.29, 0.717) is 6.42 Å². The molecule has 3 aromatic rings. The van der Waals surface area contributed by atoms with E-state index in [2.05, 4.69) is 10.1 Å². The number of hydrogen-bond donors (Lipinski definition) is 0. The first-order chi connectivity index (χ1) is 11.8. The molecule has 0 radical (unpaired) electrons. The second kappa shape index (κ2) is 6.08. The minimum absolute atomic E-state index is 0.00878. The molecule has 0 N–H and O–H groups in total. The summed E-state index contributed by atoms with van der Waals surface area (Å²) in [7, 11) is 0. The Hall–Kier alpha value is -3.27. The molecule has 4 nitrogen and oxygen atoms in total. The molecule has 1 aliphatic heterocycles. The van der Waals surface area contributed by atoms with Crippen molar-refractivity contribution < 1.29 is 4.79 Å². The third-order valence-corrected chi connectivity index (χ3v) is 4.01. The number of aromatic nitrogens is 1. The zero-order valence-corrected chi connectivity index (χ0v) is 13.0. The maximum Gasteiger partial charge on any atom is 0.253 e. The lowest BCUT2D eigenvalue weighted by Crippen LogP contribution is -2.19. The molecule has 4 rings (SSSR count). The highest BCUT2D eigenvalue weighted by molar-refractivity contribution is 6.19. The quantitative estimate of drug-likeness (QED) is 0.736. The summed E-state index contributed by atoms with van der Waals surface area (Å²) in [6, 6.07) is 21.6. The monoisotopic (exact) mass is 313 g/mol. The molecule has 0 saturated heterocycles. The van der Waals surface area contributed by atoms with Crippen LogP contribution in [0.4, 0.5) is 5.69 Å². The van der Waals surface area contributed by atoms with Gasteiger partial charge in [0.1, 0.15) is 0 Å². The van der Waals surface area contributed by atoms with Crippen molar-refractivity contribution in [2.24, 2.45) is 5.10 Å². The number of rotatable bonds is 3. The van der Waals surface area contributed by atoms with Crippen LogP contribution < -0.4 is 5.01 Å². The fraction of sp³-hybridized carbons (Fsp3) is 0.0500. The van der Waals surface area contributed by atoms with Gasteiger partial charge in [-0.05, 0) is 41.0 Å². The lowest BCUT2D eigenvalue weighted by molar-refractivity contribution is -0.116. The summed E-state index contributed by atoms with van der Waals surface area (Å²) in [6.45, 7) is 0. The number of hydrogen-bond acceptors (Lipinski definition) is 3. The predicted molar refractivity (Wildman–Crippen MR) is 94.8 cm³/mol. The van der Waals surface area contributed by atoms with Crippen molar-refractivity contribution in [3.8, 4) is 11.1 Å². The molecule has 1 amide bonds. The van der Waals surface area contributed by atoms with Gasteiger partial charge in [-0.25, -0.2) is 5.01 Å². The van der Waals surface area contributed by atoms with Crippen LogP contribution >= 0.6 is 0 Å². The topological polar surface area (TPSA) is 45.6 Å². The van der Waals surface area contributed by atoms with E-state index >= 15 is 0 Å². The number of carbonyl (C=O) groups is 1. The molecule has 116 valence electrons. The van der Waals surface area contributed by atoms with Crippen LogP contribution in [0.1, 0.15) is 12.0 Å². The van der Waals surface area contributed by atoms with Crippen LogP contribution in [0.3, 0.4) is 0 Å². The molecular formula is C20H15N3O. The Morgan fingerprint density at radius 3 is 2.12 bits per heavy atom. The van der Waals surface area contributed by atoms with Crippen LogP contribution in [0.25, 0.3) is 11.1 Å². The molecule has 1 aromatic heterocycles. The molecule has 2 heterocycles. The lowest BCUT2D eigenvalue weighted by Gasteiger charge is -2.12. The number of carbonyl (C=O) groups excluding carboxylic acids is 1. The SMILES string of the molecule is O=C1CC(c2ccccc2)=NN1c1ccc(-c2ccncc2)cc1. The smallest absolute Gasteiger partial charge is 0.253 e. The van der Waals surface area contributed by atoms with Crippen molar-refractivity contribution in [1.82, 2.24) is 4.98 Å². The maximum absolute atomic E-state index is 12.3. The standard InChI is InChI=1S/C20H15N3O/c24-20-14-19(17-4-2-1-3-5-17)22-23(20)18-8-6-15(7-9-18)16-10-12-21-13-11-16/h1-13H,14H2. The van der Waals surface area contributed by atoms with E-state index in [9.17, 15) is 4.79 Å². The van der Waals surface area contributed by atoms with Gasteiger partial charge in [-0.15, -0.1) is 0 Å². The first kappa shape index (κ1) is 14.3. The molecule has 0 spiro atoms. The highest BCUT2D eigenvalue weighted by atomic mass is 16.2. The maximum atomic E-state index is 12.3. The van der Waals surface area contributed by atoms with Gasteiger partial charge in [-0.3, -0.25) is 9.78 Å². The Labute approximate surface area is 140 Å². The van der Waals surface area contributed by atoms with Gasteiger partial charge in [0.25, 0.3) is 5.91 Å². The summed E-state index contributed by atoms with van der Waals surface area (Å²) >= 11 is 0. The molecule has 1 aliphatic rings. The number of hydrazone groups is 1. The molecule has 4 heteroatoms. The second-order valence-electron chi connectivity index (χ2n) is 5.58. The number of amides is 1. The molecule has 2 aromatic carbocycles. The van der Waals surface area contributed by atoms with Gasteiger partial charge in [0.05, 0.1) is 17.8 Å². The van der Waals surface area contributed by atoms with Gasteiger partial charge in [0.15, 0.2) is 0 Å². The molecule has 0 saturated carbocycles. The van der Waals surface area contributed by atoms with Crippen LogP contribution in [0.2, 0.25) is 0 Å². The van der Waals surface area contributed by atoms with E-state index in [1.165, 1.54) is 5.01 Å². The fourth-order valence-corrected chi connectivity index (χ4v) is 2.76. The highest BCUT2D eigenvalue weighted by Crippen LogP contribution is 2.26. The summed E-state index contributed by atoms with van der Waals surface area (Å²) < 4.78 is 0. The van der Waals surface area contributed by atoms with E-state index in [-0.39, 0.29) is 5.91 Å². The van der Waals surface area contributed by atoms with Gasteiger partial charge < -0.3 is 0 Å². The Balaban J connectivity index is 1.62. The van der Waals surface area contributed by atoms with Gasteiger partial charge >= 0.3 is 0 Å². The Morgan fingerprint density at radius 1 is 0.750 bits per heavy atom. The first-order valence-corrected chi connectivity index (χ1v) is 7.77. The van der Waals surface area contributed by atoms with E-state index in [1.54, 1.807) is 12.4 Å². The van der Waals surface area contributed by atoms with Crippen molar-refractivity contribution >= 4 is 17.3 Å². The molecule has 0 atom stereocenters.